The smallest absolute Gasteiger partial charge is 0.244 e. The van der Waals surface area contributed by atoms with Crippen molar-refractivity contribution in [3.05, 3.63) is 83.9 Å². The molecule has 2 aromatic carbocycles. The average Bonchev–Trinajstić information content (AvgIpc) is 2.69. The van der Waals surface area contributed by atoms with Gasteiger partial charge in [-0.25, -0.2) is 0 Å². The Morgan fingerprint density at radius 3 is 1.54 bits per heavy atom. The molecule has 0 spiro atoms. The molecule has 5 heteroatoms. The van der Waals surface area contributed by atoms with Crippen LogP contribution in [-0.4, -0.2) is 36.1 Å². The molecule has 0 bridgehead atoms. The number of carbonyl (C=O) groups is 2. The highest BCUT2D eigenvalue weighted by atomic mass is 16.3. The summed E-state index contributed by atoms with van der Waals surface area (Å²) in [5.74, 6) is -0.605. The van der Waals surface area contributed by atoms with E-state index in [0.717, 1.165) is 11.1 Å². The van der Waals surface area contributed by atoms with Gasteiger partial charge < -0.3 is 15.7 Å². The fourth-order valence-electron chi connectivity index (χ4n) is 2.10. The van der Waals surface area contributed by atoms with Gasteiger partial charge in [0.05, 0.1) is 6.10 Å². The summed E-state index contributed by atoms with van der Waals surface area (Å²) in [5.41, 5.74) is 1.83. The van der Waals surface area contributed by atoms with Crippen molar-refractivity contribution < 1.29 is 14.7 Å². The predicted molar refractivity (Wildman–Crippen MR) is 103 cm³/mol. The highest BCUT2D eigenvalue weighted by Crippen LogP contribution is 2.01. The molecule has 5 nitrogen and oxygen atoms in total. The summed E-state index contributed by atoms with van der Waals surface area (Å²) < 4.78 is 0. The fourth-order valence-corrected chi connectivity index (χ4v) is 2.10. The second kappa shape index (κ2) is 10.6. The Morgan fingerprint density at radius 1 is 0.769 bits per heavy atom. The van der Waals surface area contributed by atoms with Crippen molar-refractivity contribution in [2.45, 2.75) is 6.10 Å². The van der Waals surface area contributed by atoms with Crippen LogP contribution in [0.2, 0.25) is 0 Å². The predicted octanol–water partition coefficient (Wildman–Crippen LogP) is 2.01. The van der Waals surface area contributed by atoms with Crippen LogP contribution >= 0.6 is 0 Å². The SMILES string of the molecule is O=C(C=Cc1ccccc1)NCC(O)CNC(=O)C=Cc1ccccc1. The summed E-state index contributed by atoms with van der Waals surface area (Å²) in [4.78, 5) is 23.4. The summed E-state index contributed by atoms with van der Waals surface area (Å²) in [6.07, 6.45) is 5.33. The molecule has 3 N–H and O–H groups in total. The molecule has 2 rings (SSSR count). The van der Waals surface area contributed by atoms with Gasteiger partial charge in [-0.05, 0) is 23.3 Å². The van der Waals surface area contributed by atoms with Gasteiger partial charge in [-0.3, -0.25) is 9.59 Å². The van der Waals surface area contributed by atoms with Gasteiger partial charge in [0.2, 0.25) is 11.8 Å². The first-order valence-corrected chi connectivity index (χ1v) is 8.33. The van der Waals surface area contributed by atoms with E-state index in [1.807, 2.05) is 60.7 Å². The summed E-state index contributed by atoms with van der Waals surface area (Å²) >= 11 is 0. The van der Waals surface area contributed by atoms with Crippen LogP contribution in [0.4, 0.5) is 0 Å². The third kappa shape index (κ3) is 7.59. The number of nitrogens with one attached hydrogen (secondary N) is 2. The van der Waals surface area contributed by atoms with E-state index in [1.165, 1.54) is 12.2 Å². The number of hydrogen-bond donors (Lipinski definition) is 3. The standard InChI is InChI=1S/C21H22N2O3/c24-19(15-22-20(25)13-11-17-7-3-1-4-8-17)16-23-21(26)14-12-18-9-5-2-6-10-18/h1-14,19,24H,15-16H2,(H,22,25)(H,23,26). The molecule has 0 unspecified atom stereocenters. The molecule has 134 valence electrons. The van der Waals surface area contributed by atoms with Crippen LogP contribution < -0.4 is 10.6 Å². The Kier molecular flexibility index (Phi) is 7.83. The van der Waals surface area contributed by atoms with Gasteiger partial charge in [-0.1, -0.05) is 60.7 Å². The van der Waals surface area contributed by atoms with Crippen molar-refractivity contribution in [1.29, 1.82) is 0 Å². The second-order valence-corrected chi connectivity index (χ2v) is 5.63. The lowest BCUT2D eigenvalue weighted by molar-refractivity contribution is -0.116. The van der Waals surface area contributed by atoms with E-state index in [-0.39, 0.29) is 24.9 Å². The summed E-state index contributed by atoms with van der Waals surface area (Å²) in [6, 6.07) is 18.9. The monoisotopic (exact) mass is 350 g/mol. The highest BCUT2D eigenvalue weighted by molar-refractivity contribution is 5.92. The van der Waals surface area contributed by atoms with E-state index in [9.17, 15) is 14.7 Å². The van der Waals surface area contributed by atoms with Crippen molar-refractivity contribution in [2.75, 3.05) is 13.1 Å². The zero-order valence-corrected chi connectivity index (χ0v) is 14.3. The lowest BCUT2D eigenvalue weighted by Crippen LogP contribution is -2.39. The van der Waals surface area contributed by atoms with Crippen LogP contribution in [0.25, 0.3) is 12.2 Å². The maximum Gasteiger partial charge on any atom is 0.244 e. The topological polar surface area (TPSA) is 78.4 Å². The zero-order chi connectivity index (χ0) is 18.6. The van der Waals surface area contributed by atoms with Gasteiger partial charge in [0.15, 0.2) is 0 Å². The summed E-state index contributed by atoms with van der Waals surface area (Å²) in [7, 11) is 0. The Morgan fingerprint density at radius 2 is 1.15 bits per heavy atom. The number of rotatable bonds is 8. The van der Waals surface area contributed by atoms with Crippen molar-refractivity contribution in [1.82, 2.24) is 10.6 Å². The van der Waals surface area contributed by atoms with Crippen molar-refractivity contribution in [3.63, 3.8) is 0 Å². The molecule has 26 heavy (non-hydrogen) atoms. The Balaban J connectivity index is 1.66. The van der Waals surface area contributed by atoms with Crippen molar-refractivity contribution >= 4 is 24.0 Å². The fraction of sp³-hybridized carbons (Fsp3) is 0.143. The zero-order valence-electron chi connectivity index (χ0n) is 14.3. The normalized spacial score (nSPS) is 12.2. The summed E-state index contributed by atoms with van der Waals surface area (Å²) in [6.45, 7) is 0.112. The first-order valence-electron chi connectivity index (χ1n) is 8.33. The van der Waals surface area contributed by atoms with Gasteiger partial charge in [-0.15, -0.1) is 0 Å². The first kappa shape index (κ1) is 19.1. The van der Waals surface area contributed by atoms with E-state index >= 15 is 0 Å². The Hall–Kier alpha value is -3.18. The van der Waals surface area contributed by atoms with Crippen LogP contribution in [0, 0.1) is 0 Å². The van der Waals surface area contributed by atoms with Crippen molar-refractivity contribution in [3.8, 4) is 0 Å². The largest absolute Gasteiger partial charge is 0.389 e. The molecule has 0 fully saturated rings. The van der Waals surface area contributed by atoms with Crippen LogP contribution in [0.1, 0.15) is 11.1 Å². The highest BCUT2D eigenvalue weighted by Gasteiger charge is 2.06. The minimum atomic E-state index is -0.863. The number of hydrogen-bond acceptors (Lipinski definition) is 3. The minimum absolute atomic E-state index is 0.0562. The van der Waals surface area contributed by atoms with Gasteiger partial charge >= 0.3 is 0 Å². The molecule has 0 atom stereocenters. The van der Waals surface area contributed by atoms with Gasteiger partial charge in [0, 0.05) is 25.2 Å². The lowest BCUT2D eigenvalue weighted by atomic mass is 10.2. The molecule has 0 saturated heterocycles. The van der Waals surface area contributed by atoms with Crippen molar-refractivity contribution in [2.24, 2.45) is 0 Å². The molecule has 0 aliphatic carbocycles. The van der Waals surface area contributed by atoms with E-state index in [4.69, 9.17) is 0 Å². The number of amides is 2. The Bertz CT molecular complexity index is 690. The van der Waals surface area contributed by atoms with Gasteiger partial charge in [0.25, 0.3) is 0 Å². The average molecular weight is 350 g/mol. The van der Waals surface area contributed by atoms with Crippen LogP contribution in [0.5, 0.6) is 0 Å². The van der Waals surface area contributed by atoms with Crippen LogP contribution in [0.3, 0.4) is 0 Å². The molecule has 0 aliphatic rings. The molecule has 0 heterocycles. The number of aliphatic hydroxyl groups excluding tert-OH is 1. The van der Waals surface area contributed by atoms with Crippen LogP contribution in [-0.2, 0) is 9.59 Å². The number of benzene rings is 2. The first-order chi connectivity index (χ1) is 12.6. The molecular formula is C21H22N2O3. The lowest BCUT2D eigenvalue weighted by Gasteiger charge is -2.11. The van der Waals surface area contributed by atoms with Crippen LogP contribution in [0.15, 0.2) is 72.8 Å². The molecule has 2 amide bonds. The molecule has 0 radical (unpaired) electrons. The molecule has 0 aliphatic heterocycles. The third-order valence-corrected chi connectivity index (χ3v) is 3.48. The van der Waals surface area contributed by atoms with Gasteiger partial charge in [-0.2, -0.15) is 0 Å². The molecule has 0 saturated carbocycles. The molecule has 2 aromatic rings. The minimum Gasteiger partial charge on any atom is -0.389 e. The Labute approximate surface area is 153 Å². The maximum absolute atomic E-state index is 11.7. The molecular weight excluding hydrogens is 328 g/mol. The quantitative estimate of drug-likeness (QED) is 0.637. The van der Waals surface area contributed by atoms with E-state index in [1.54, 1.807) is 12.2 Å². The molecule has 0 aromatic heterocycles. The summed E-state index contributed by atoms with van der Waals surface area (Å²) in [5, 5.41) is 15.0. The number of carbonyl (C=O) groups excluding carboxylic acids is 2. The van der Waals surface area contributed by atoms with E-state index in [2.05, 4.69) is 10.6 Å². The third-order valence-electron chi connectivity index (χ3n) is 3.48. The maximum atomic E-state index is 11.7. The van der Waals surface area contributed by atoms with Gasteiger partial charge in [0.1, 0.15) is 0 Å². The number of aliphatic hydroxyl groups is 1. The van der Waals surface area contributed by atoms with E-state index < -0.39 is 6.10 Å². The van der Waals surface area contributed by atoms with E-state index in [0.29, 0.717) is 0 Å². The second-order valence-electron chi connectivity index (χ2n) is 5.63.